The van der Waals surface area contributed by atoms with E-state index < -0.39 is 0 Å². The first-order valence-electron chi connectivity index (χ1n) is 11.0. The van der Waals surface area contributed by atoms with Gasteiger partial charge in [0.15, 0.2) is 0 Å². The zero-order chi connectivity index (χ0) is 22.8. The van der Waals surface area contributed by atoms with Crippen molar-refractivity contribution in [2.24, 2.45) is 0 Å². The molecule has 5 nitrogen and oxygen atoms in total. The van der Waals surface area contributed by atoms with E-state index in [9.17, 15) is 4.79 Å². The molecule has 4 aromatic rings. The number of fused-ring (bicyclic) bond motifs is 1. The minimum Gasteiger partial charge on any atom is -0.345 e. The second kappa shape index (κ2) is 11.8. The topological polar surface area (TPSA) is 61.0 Å². The van der Waals surface area contributed by atoms with Gasteiger partial charge in [0.2, 0.25) is 5.95 Å². The highest BCUT2D eigenvalue weighted by Gasteiger charge is 2.08. The predicted molar refractivity (Wildman–Crippen MR) is 135 cm³/mol. The van der Waals surface area contributed by atoms with E-state index in [1.165, 1.54) is 16.3 Å². The van der Waals surface area contributed by atoms with Crippen LogP contribution in [0.4, 0.5) is 5.95 Å². The van der Waals surface area contributed by atoms with Crippen molar-refractivity contribution in [1.82, 2.24) is 15.3 Å². The Morgan fingerprint density at radius 2 is 1.56 bits per heavy atom. The Bertz CT molecular complexity index is 1170. The Morgan fingerprint density at radius 1 is 0.875 bits per heavy atom. The summed E-state index contributed by atoms with van der Waals surface area (Å²) in [6.45, 7) is 0.831. The lowest BCUT2D eigenvalue weighted by molar-refractivity contribution is 0.760. The third-order valence-electron chi connectivity index (χ3n) is 5.14. The second-order valence-electron chi connectivity index (χ2n) is 7.93. The van der Waals surface area contributed by atoms with E-state index >= 15 is 0 Å². The van der Waals surface area contributed by atoms with E-state index in [4.69, 9.17) is 4.98 Å². The van der Waals surface area contributed by atoms with E-state index in [1.54, 1.807) is 6.07 Å². The monoisotopic (exact) mass is 428 g/mol. The molecular formula is C27H32N4O. The van der Waals surface area contributed by atoms with Gasteiger partial charge in [0.25, 0.3) is 5.56 Å². The summed E-state index contributed by atoms with van der Waals surface area (Å²) in [6.07, 6.45) is 2.64. The molecule has 32 heavy (non-hydrogen) atoms. The number of nitrogens with one attached hydrogen (secondary N) is 2. The first kappa shape index (κ1) is 23.2. The van der Waals surface area contributed by atoms with Gasteiger partial charge in [-0.05, 0) is 48.8 Å². The molecular weight excluding hydrogens is 396 g/mol. The molecule has 0 saturated heterocycles. The van der Waals surface area contributed by atoms with Gasteiger partial charge in [-0.2, -0.15) is 0 Å². The van der Waals surface area contributed by atoms with Crippen molar-refractivity contribution in [2.75, 3.05) is 32.6 Å². The van der Waals surface area contributed by atoms with Crippen LogP contribution in [0.5, 0.6) is 0 Å². The molecule has 4 rings (SSSR count). The lowest BCUT2D eigenvalue weighted by Crippen LogP contribution is -2.25. The summed E-state index contributed by atoms with van der Waals surface area (Å²) < 4.78 is 0. The summed E-state index contributed by atoms with van der Waals surface area (Å²) in [5.41, 5.74) is 3.15. The molecule has 0 aliphatic carbocycles. The smallest absolute Gasteiger partial charge is 0.252 e. The molecule has 2 N–H and O–H groups in total. The predicted octanol–water partition coefficient (Wildman–Crippen LogP) is 4.42. The standard InChI is InChI=1S/C25H25N3O.C2H7N/c1-28(15-7-10-19-8-3-2-4-9-19)25-26-23(18-24(29)27-25)17-20-13-14-21-11-5-6-12-22(21)16-20;1-3-2/h2-6,8-9,11-14,16,18H,7,10,15,17H2,1H3,(H,26,27,29);3H,1-2H3. The van der Waals surface area contributed by atoms with Gasteiger partial charge in [-0.15, -0.1) is 0 Å². The number of aromatic amines is 1. The van der Waals surface area contributed by atoms with E-state index in [-0.39, 0.29) is 5.56 Å². The summed E-state index contributed by atoms with van der Waals surface area (Å²) in [5, 5.41) is 5.17. The van der Waals surface area contributed by atoms with Crippen LogP contribution >= 0.6 is 0 Å². The number of aromatic nitrogens is 2. The fraction of sp³-hybridized carbons (Fsp3) is 0.259. The maximum atomic E-state index is 12.2. The van der Waals surface area contributed by atoms with Gasteiger partial charge in [-0.1, -0.05) is 72.8 Å². The van der Waals surface area contributed by atoms with Crippen molar-refractivity contribution >= 4 is 16.7 Å². The van der Waals surface area contributed by atoms with Gasteiger partial charge < -0.3 is 10.2 Å². The highest BCUT2D eigenvalue weighted by molar-refractivity contribution is 5.83. The Labute approximate surface area is 190 Å². The van der Waals surface area contributed by atoms with E-state index in [0.29, 0.717) is 12.4 Å². The third kappa shape index (κ3) is 6.79. The molecule has 1 aromatic heterocycles. The molecule has 0 aliphatic heterocycles. The van der Waals surface area contributed by atoms with Crippen molar-refractivity contribution in [1.29, 1.82) is 0 Å². The van der Waals surface area contributed by atoms with Crippen LogP contribution in [-0.4, -0.2) is 37.7 Å². The third-order valence-corrected chi connectivity index (χ3v) is 5.14. The molecule has 0 spiro atoms. The van der Waals surface area contributed by atoms with Gasteiger partial charge in [0.1, 0.15) is 0 Å². The fourth-order valence-electron chi connectivity index (χ4n) is 3.59. The average Bonchev–Trinajstić information content (AvgIpc) is 2.80. The molecule has 0 atom stereocenters. The minimum atomic E-state index is -0.110. The number of aryl methyl sites for hydroxylation is 1. The van der Waals surface area contributed by atoms with Gasteiger partial charge >= 0.3 is 0 Å². The number of hydrogen-bond acceptors (Lipinski definition) is 4. The first-order valence-corrected chi connectivity index (χ1v) is 11.0. The van der Waals surface area contributed by atoms with Crippen LogP contribution in [0.3, 0.4) is 0 Å². The molecule has 0 amide bonds. The van der Waals surface area contributed by atoms with Crippen LogP contribution in [0.1, 0.15) is 23.2 Å². The molecule has 0 radical (unpaired) electrons. The average molecular weight is 429 g/mol. The summed E-state index contributed by atoms with van der Waals surface area (Å²) in [6, 6.07) is 26.7. The number of rotatable bonds is 7. The summed E-state index contributed by atoms with van der Waals surface area (Å²) >= 11 is 0. The SMILES string of the molecule is CN(CCCc1ccccc1)c1nc(Cc2ccc3ccccc3c2)cc(=O)[nH]1.CNC. The lowest BCUT2D eigenvalue weighted by atomic mass is 10.0. The summed E-state index contributed by atoms with van der Waals surface area (Å²) in [7, 11) is 5.73. The largest absolute Gasteiger partial charge is 0.345 e. The first-order chi connectivity index (χ1) is 15.6. The Morgan fingerprint density at radius 3 is 2.31 bits per heavy atom. The summed E-state index contributed by atoms with van der Waals surface area (Å²) in [4.78, 5) is 21.8. The molecule has 0 unspecified atom stereocenters. The van der Waals surface area contributed by atoms with Crippen molar-refractivity contribution in [3.05, 3.63) is 106 Å². The Kier molecular flexibility index (Phi) is 8.58. The molecule has 5 heteroatoms. The number of H-pyrrole nitrogens is 1. The van der Waals surface area contributed by atoms with E-state index in [2.05, 4.69) is 64.9 Å². The quantitative estimate of drug-likeness (QED) is 0.457. The zero-order valence-electron chi connectivity index (χ0n) is 19.1. The van der Waals surface area contributed by atoms with Crippen LogP contribution in [-0.2, 0) is 12.8 Å². The molecule has 0 fully saturated rings. The maximum absolute atomic E-state index is 12.2. The van der Waals surface area contributed by atoms with Crippen LogP contribution in [0.15, 0.2) is 83.7 Å². The van der Waals surface area contributed by atoms with Crippen molar-refractivity contribution in [3.63, 3.8) is 0 Å². The second-order valence-corrected chi connectivity index (χ2v) is 7.93. The maximum Gasteiger partial charge on any atom is 0.252 e. The van der Waals surface area contributed by atoms with Gasteiger partial charge in [-0.25, -0.2) is 4.98 Å². The Balaban J connectivity index is 0.000000913. The minimum absolute atomic E-state index is 0.110. The van der Waals surface area contributed by atoms with Crippen LogP contribution in [0, 0.1) is 0 Å². The molecule has 0 saturated carbocycles. The molecule has 3 aromatic carbocycles. The van der Waals surface area contributed by atoms with Crippen molar-refractivity contribution < 1.29 is 0 Å². The van der Waals surface area contributed by atoms with Gasteiger partial charge in [-0.3, -0.25) is 9.78 Å². The summed E-state index contributed by atoms with van der Waals surface area (Å²) in [5.74, 6) is 0.626. The van der Waals surface area contributed by atoms with E-state index in [0.717, 1.165) is 30.6 Å². The molecule has 1 heterocycles. The number of anilines is 1. The van der Waals surface area contributed by atoms with Crippen molar-refractivity contribution in [2.45, 2.75) is 19.3 Å². The molecule has 166 valence electrons. The van der Waals surface area contributed by atoms with Crippen molar-refractivity contribution in [3.8, 4) is 0 Å². The highest BCUT2D eigenvalue weighted by Crippen LogP contribution is 2.18. The van der Waals surface area contributed by atoms with E-state index in [1.807, 2.05) is 44.2 Å². The number of benzene rings is 3. The Hall–Kier alpha value is -3.44. The normalized spacial score (nSPS) is 10.5. The van der Waals surface area contributed by atoms with Crippen LogP contribution in [0.25, 0.3) is 10.8 Å². The number of nitrogens with zero attached hydrogens (tertiary/aromatic N) is 2. The van der Waals surface area contributed by atoms with Gasteiger partial charge in [0.05, 0.1) is 5.69 Å². The van der Waals surface area contributed by atoms with Crippen LogP contribution < -0.4 is 15.8 Å². The molecule has 0 bridgehead atoms. The highest BCUT2D eigenvalue weighted by atomic mass is 16.1. The lowest BCUT2D eigenvalue weighted by Gasteiger charge is -2.18. The van der Waals surface area contributed by atoms with Gasteiger partial charge in [0, 0.05) is 26.1 Å². The van der Waals surface area contributed by atoms with Crippen LogP contribution in [0.2, 0.25) is 0 Å². The molecule has 0 aliphatic rings. The number of hydrogen-bond donors (Lipinski definition) is 2. The zero-order valence-corrected chi connectivity index (χ0v) is 19.1. The fourth-order valence-corrected chi connectivity index (χ4v) is 3.59.